The number of nitrogens with one attached hydrogen (secondary N) is 1. The van der Waals surface area contributed by atoms with Crippen molar-refractivity contribution in [1.29, 1.82) is 0 Å². The van der Waals surface area contributed by atoms with Gasteiger partial charge in [0.25, 0.3) is 0 Å². The number of hydrogen-bond acceptors (Lipinski definition) is 4. The highest BCUT2D eigenvalue weighted by atomic mass is 32.1. The van der Waals surface area contributed by atoms with E-state index in [1.807, 2.05) is 7.05 Å². The van der Waals surface area contributed by atoms with E-state index in [0.29, 0.717) is 6.04 Å². The lowest BCUT2D eigenvalue weighted by molar-refractivity contribution is 0.546. The van der Waals surface area contributed by atoms with Crippen molar-refractivity contribution in [3.63, 3.8) is 0 Å². The molecule has 0 spiro atoms. The molecule has 2 atom stereocenters. The molecule has 1 N–H and O–H groups in total. The van der Waals surface area contributed by atoms with Crippen LogP contribution in [-0.4, -0.2) is 25.1 Å². The number of nitrogens with zero attached hydrogens (tertiary/aromatic N) is 2. The molecule has 0 aliphatic rings. The highest BCUT2D eigenvalue weighted by Crippen LogP contribution is 2.24. The summed E-state index contributed by atoms with van der Waals surface area (Å²) >= 11 is 1.75. The van der Waals surface area contributed by atoms with Crippen LogP contribution in [0.3, 0.4) is 0 Å². The maximum absolute atomic E-state index is 4.72. The summed E-state index contributed by atoms with van der Waals surface area (Å²) in [5.74, 6) is 0.726. The predicted octanol–water partition coefficient (Wildman–Crippen LogP) is 3.30. The van der Waals surface area contributed by atoms with Crippen LogP contribution in [0.1, 0.15) is 45.9 Å². The first-order valence-corrected chi connectivity index (χ1v) is 7.37. The summed E-state index contributed by atoms with van der Waals surface area (Å²) < 4.78 is 0. The van der Waals surface area contributed by atoms with Gasteiger partial charge in [0.05, 0.1) is 5.69 Å². The smallest absolute Gasteiger partial charge is 0.185 e. The molecular formula is C13H25N3S. The Balaban J connectivity index is 2.72. The fourth-order valence-electron chi connectivity index (χ4n) is 1.62. The molecule has 0 aliphatic carbocycles. The van der Waals surface area contributed by atoms with Crippen molar-refractivity contribution >= 4 is 16.5 Å². The van der Waals surface area contributed by atoms with Crippen LogP contribution in [0.5, 0.6) is 0 Å². The van der Waals surface area contributed by atoms with Crippen molar-refractivity contribution in [2.75, 3.05) is 25.0 Å². The van der Waals surface area contributed by atoms with Gasteiger partial charge in [-0.1, -0.05) is 20.3 Å². The molecule has 1 aromatic rings. The van der Waals surface area contributed by atoms with Crippen LogP contribution in [0.4, 0.5) is 5.13 Å². The summed E-state index contributed by atoms with van der Waals surface area (Å²) in [6.45, 7) is 11.0. The van der Waals surface area contributed by atoms with E-state index < -0.39 is 0 Å². The molecule has 2 unspecified atom stereocenters. The van der Waals surface area contributed by atoms with Gasteiger partial charge in [0.15, 0.2) is 5.13 Å². The Labute approximate surface area is 109 Å². The van der Waals surface area contributed by atoms with Crippen molar-refractivity contribution in [3.05, 3.63) is 11.1 Å². The summed E-state index contributed by atoms with van der Waals surface area (Å²) in [5.41, 5.74) is 1.15. The Morgan fingerprint density at radius 2 is 2.12 bits per heavy atom. The molecule has 0 radical (unpaired) electrons. The van der Waals surface area contributed by atoms with Crippen LogP contribution >= 0.6 is 11.3 Å². The zero-order valence-electron chi connectivity index (χ0n) is 11.7. The van der Waals surface area contributed by atoms with E-state index in [-0.39, 0.29) is 0 Å². The van der Waals surface area contributed by atoms with Gasteiger partial charge in [-0.2, -0.15) is 0 Å². The van der Waals surface area contributed by atoms with Crippen molar-refractivity contribution in [1.82, 2.24) is 10.3 Å². The minimum absolute atomic E-state index is 0.335. The van der Waals surface area contributed by atoms with Gasteiger partial charge in [0, 0.05) is 24.5 Å². The molecule has 1 heterocycles. The Morgan fingerprint density at radius 1 is 1.41 bits per heavy atom. The van der Waals surface area contributed by atoms with Crippen molar-refractivity contribution in [2.24, 2.45) is 5.92 Å². The van der Waals surface area contributed by atoms with Crippen LogP contribution in [-0.2, 0) is 0 Å². The largest absolute Gasteiger partial charge is 0.348 e. The Morgan fingerprint density at radius 3 is 2.65 bits per heavy atom. The fourth-order valence-corrected chi connectivity index (χ4v) is 2.61. The third kappa shape index (κ3) is 3.96. The van der Waals surface area contributed by atoms with E-state index in [1.165, 1.54) is 6.42 Å². The van der Waals surface area contributed by atoms with Crippen LogP contribution in [0, 0.1) is 5.92 Å². The van der Waals surface area contributed by atoms with Gasteiger partial charge >= 0.3 is 0 Å². The number of anilines is 1. The van der Waals surface area contributed by atoms with Gasteiger partial charge in [-0.25, -0.2) is 4.98 Å². The Bertz CT molecular complexity index is 324. The lowest BCUT2D eigenvalue weighted by atomic mass is 10.1. The summed E-state index contributed by atoms with van der Waals surface area (Å²) in [4.78, 5) is 7.10. The fraction of sp³-hybridized carbons (Fsp3) is 0.769. The first kappa shape index (κ1) is 14.5. The zero-order chi connectivity index (χ0) is 12.8. The van der Waals surface area contributed by atoms with E-state index in [9.17, 15) is 0 Å². The molecule has 0 aliphatic heterocycles. The van der Waals surface area contributed by atoms with Gasteiger partial charge in [-0.05, 0) is 26.8 Å². The highest BCUT2D eigenvalue weighted by Gasteiger charge is 2.14. The summed E-state index contributed by atoms with van der Waals surface area (Å²) in [6.07, 6.45) is 1.22. The third-order valence-corrected chi connectivity index (χ3v) is 4.19. The van der Waals surface area contributed by atoms with E-state index >= 15 is 0 Å². The summed E-state index contributed by atoms with van der Waals surface area (Å²) in [7, 11) is 1.97. The first-order chi connectivity index (χ1) is 8.12. The molecule has 0 aromatic carbocycles. The first-order valence-electron chi connectivity index (χ1n) is 6.49. The van der Waals surface area contributed by atoms with Crippen LogP contribution in [0.15, 0.2) is 5.38 Å². The SMILES string of the molecule is CCC(C)CN(CC)c1nc(C(C)NC)cs1. The van der Waals surface area contributed by atoms with Gasteiger partial charge in [-0.3, -0.25) is 0 Å². The minimum Gasteiger partial charge on any atom is -0.348 e. The standard InChI is InChI=1S/C13H25N3S/c1-6-10(3)8-16(7-2)13-15-12(9-17-13)11(4)14-5/h9-11,14H,6-8H2,1-5H3. The van der Waals surface area contributed by atoms with Gasteiger partial charge in [0.1, 0.15) is 0 Å². The Kier molecular flexibility index (Phi) is 5.92. The quantitative estimate of drug-likeness (QED) is 0.810. The molecule has 0 bridgehead atoms. The maximum atomic E-state index is 4.72. The second-order valence-electron chi connectivity index (χ2n) is 4.62. The molecule has 0 amide bonds. The molecule has 0 saturated carbocycles. The zero-order valence-corrected chi connectivity index (χ0v) is 12.5. The second-order valence-corrected chi connectivity index (χ2v) is 5.45. The monoisotopic (exact) mass is 255 g/mol. The Hall–Kier alpha value is -0.610. The molecule has 4 heteroatoms. The lowest BCUT2D eigenvalue weighted by Gasteiger charge is -2.23. The second kappa shape index (κ2) is 6.97. The van der Waals surface area contributed by atoms with Gasteiger partial charge in [-0.15, -0.1) is 11.3 Å². The normalized spacial score (nSPS) is 14.6. The molecule has 0 fully saturated rings. The van der Waals surface area contributed by atoms with E-state index in [1.54, 1.807) is 11.3 Å². The molecule has 3 nitrogen and oxygen atoms in total. The van der Waals surface area contributed by atoms with Crippen molar-refractivity contribution in [2.45, 2.75) is 40.2 Å². The maximum Gasteiger partial charge on any atom is 0.185 e. The van der Waals surface area contributed by atoms with Crippen LogP contribution in [0.25, 0.3) is 0 Å². The predicted molar refractivity (Wildman–Crippen MR) is 76.9 cm³/mol. The topological polar surface area (TPSA) is 28.2 Å². The van der Waals surface area contributed by atoms with Gasteiger partial charge < -0.3 is 10.2 Å². The molecule has 98 valence electrons. The number of hydrogen-bond donors (Lipinski definition) is 1. The average molecular weight is 255 g/mol. The molecular weight excluding hydrogens is 230 g/mol. The number of rotatable bonds is 7. The number of thiazole rings is 1. The average Bonchev–Trinajstić information content (AvgIpc) is 2.83. The van der Waals surface area contributed by atoms with Crippen LogP contribution < -0.4 is 10.2 Å². The minimum atomic E-state index is 0.335. The number of aromatic nitrogens is 1. The molecule has 0 saturated heterocycles. The van der Waals surface area contributed by atoms with E-state index in [2.05, 4.69) is 43.3 Å². The lowest BCUT2D eigenvalue weighted by Crippen LogP contribution is -2.28. The van der Waals surface area contributed by atoms with Crippen LogP contribution in [0.2, 0.25) is 0 Å². The van der Waals surface area contributed by atoms with Gasteiger partial charge in [0.2, 0.25) is 0 Å². The van der Waals surface area contributed by atoms with Crippen molar-refractivity contribution in [3.8, 4) is 0 Å². The third-order valence-electron chi connectivity index (χ3n) is 3.27. The summed E-state index contributed by atoms with van der Waals surface area (Å²) in [5, 5.41) is 6.55. The molecule has 17 heavy (non-hydrogen) atoms. The highest BCUT2D eigenvalue weighted by molar-refractivity contribution is 7.13. The summed E-state index contributed by atoms with van der Waals surface area (Å²) in [6, 6.07) is 0.335. The van der Waals surface area contributed by atoms with Crippen molar-refractivity contribution < 1.29 is 0 Å². The molecule has 1 rings (SSSR count). The molecule has 1 aromatic heterocycles. The van der Waals surface area contributed by atoms with E-state index in [0.717, 1.165) is 29.8 Å². The van der Waals surface area contributed by atoms with E-state index in [4.69, 9.17) is 4.98 Å².